The van der Waals surface area contributed by atoms with Crippen LogP contribution in [0.25, 0.3) is 5.69 Å². The van der Waals surface area contributed by atoms with Crippen molar-refractivity contribution in [1.29, 1.82) is 0 Å². The number of nitrogens with one attached hydrogen (secondary N) is 1. The summed E-state index contributed by atoms with van der Waals surface area (Å²) in [6, 6.07) is 5.32. The second kappa shape index (κ2) is 6.54. The number of rotatable bonds is 3. The molecule has 136 valence electrons. The van der Waals surface area contributed by atoms with E-state index >= 15 is 0 Å². The third-order valence-electron chi connectivity index (χ3n) is 3.68. The zero-order valence-corrected chi connectivity index (χ0v) is 15.0. The van der Waals surface area contributed by atoms with Gasteiger partial charge in [0.15, 0.2) is 11.4 Å². The highest BCUT2D eigenvalue weighted by atomic mass is 19.4. The van der Waals surface area contributed by atoms with Gasteiger partial charge in [0.25, 0.3) is 5.91 Å². The molecule has 1 aromatic heterocycles. The Morgan fingerprint density at radius 1 is 1.24 bits per heavy atom. The smallest absolute Gasteiger partial charge is 0.346 e. The second-order valence-corrected chi connectivity index (χ2v) is 6.95. The molecule has 0 atom stereocenters. The molecule has 1 heterocycles. The van der Waals surface area contributed by atoms with E-state index in [-0.39, 0.29) is 0 Å². The van der Waals surface area contributed by atoms with Crippen molar-refractivity contribution in [3.05, 3.63) is 47.0 Å². The average Bonchev–Trinajstić information content (AvgIpc) is 2.89. The predicted molar refractivity (Wildman–Crippen MR) is 89.9 cm³/mol. The minimum Gasteiger partial charge on any atom is -0.346 e. The van der Waals surface area contributed by atoms with Gasteiger partial charge >= 0.3 is 6.18 Å². The molecule has 0 aliphatic rings. The molecule has 0 aliphatic heterocycles. The van der Waals surface area contributed by atoms with E-state index in [9.17, 15) is 18.0 Å². The molecule has 0 unspecified atom stereocenters. The van der Waals surface area contributed by atoms with Crippen LogP contribution in [0.2, 0.25) is 0 Å². The monoisotopic (exact) mass is 353 g/mol. The average molecular weight is 353 g/mol. The van der Waals surface area contributed by atoms with Gasteiger partial charge in [-0.3, -0.25) is 9.36 Å². The number of aromatic nitrogens is 2. The molecule has 0 bridgehead atoms. The van der Waals surface area contributed by atoms with Crippen LogP contribution < -0.4 is 5.32 Å². The first-order valence-corrected chi connectivity index (χ1v) is 8.01. The largest absolute Gasteiger partial charge is 0.434 e. The van der Waals surface area contributed by atoms with Crippen LogP contribution in [0.5, 0.6) is 0 Å². The van der Waals surface area contributed by atoms with Gasteiger partial charge in [-0.05, 0) is 45.2 Å². The molecule has 0 saturated carbocycles. The van der Waals surface area contributed by atoms with Gasteiger partial charge in [0.05, 0.1) is 5.69 Å². The van der Waals surface area contributed by atoms with Crippen LogP contribution in [-0.2, 0) is 12.6 Å². The molecular weight excluding hydrogens is 331 g/mol. The van der Waals surface area contributed by atoms with Crippen molar-refractivity contribution in [2.24, 2.45) is 0 Å². The fraction of sp³-hybridized carbons (Fsp3) is 0.444. The van der Waals surface area contributed by atoms with E-state index in [2.05, 4.69) is 10.3 Å². The fourth-order valence-electron chi connectivity index (χ4n) is 2.70. The van der Waals surface area contributed by atoms with Crippen molar-refractivity contribution in [3.8, 4) is 5.69 Å². The van der Waals surface area contributed by atoms with Crippen molar-refractivity contribution in [2.45, 2.75) is 52.8 Å². The lowest BCUT2D eigenvalue weighted by Gasteiger charge is -2.21. The summed E-state index contributed by atoms with van der Waals surface area (Å²) >= 11 is 0. The first kappa shape index (κ1) is 19.0. The van der Waals surface area contributed by atoms with E-state index in [1.54, 1.807) is 45.9 Å². The van der Waals surface area contributed by atoms with Crippen LogP contribution in [0.1, 0.15) is 55.0 Å². The minimum absolute atomic E-state index is 0.416. The molecule has 4 nitrogen and oxygen atoms in total. The lowest BCUT2D eigenvalue weighted by Crippen LogP contribution is -2.41. The van der Waals surface area contributed by atoms with Crippen molar-refractivity contribution in [1.82, 2.24) is 14.9 Å². The molecule has 0 aliphatic carbocycles. The van der Waals surface area contributed by atoms with Gasteiger partial charge in [-0.25, -0.2) is 4.98 Å². The van der Waals surface area contributed by atoms with Gasteiger partial charge in [-0.15, -0.1) is 0 Å². The highest BCUT2D eigenvalue weighted by Crippen LogP contribution is 2.35. The number of amides is 1. The quantitative estimate of drug-likeness (QED) is 0.895. The molecular formula is C18H22F3N3O. The number of benzene rings is 1. The number of carbonyl (C=O) groups excluding carboxylic acids is 1. The number of alkyl halides is 3. The maximum Gasteiger partial charge on any atom is 0.434 e. The number of carbonyl (C=O) groups is 1. The van der Waals surface area contributed by atoms with Gasteiger partial charge in [-0.1, -0.05) is 25.1 Å². The van der Waals surface area contributed by atoms with E-state index in [4.69, 9.17) is 0 Å². The second-order valence-electron chi connectivity index (χ2n) is 6.95. The summed E-state index contributed by atoms with van der Waals surface area (Å²) in [6.07, 6.45) is -3.08. The maximum atomic E-state index is 13.7. The van der Waals surface area contributed by atoms with E-state index < -0.39 is 29.0 Å². The number of imidazole rings is 1. The lowest BCUT2D eigenvalue weighted by atomic mass is 10.1. The maximum absolute atomic E-state index is 13.7. The van der Waals surface area contributed by atoms with Crippen molar-refractivity contribution < 1.29 is 18.0 Å². The fourth-order valence-corrected chi connectivity index (χ4v) is 2.70. The Morgan fingerprint density at radius 2 is 1.88 bits per heavy atom. The van der Waals surface area contributed by atoms with Gasteiger partial charge < -0.3 is 5.32 Å². The zero-order valence-electron chi connectivity index (χ0n) is 15.0. The molecule has 1 amide bonds. The molecule has 0 radical (unpaired) electrons. The zero-order chi connectivity index (χ0) is 19.0. The molecule has 0 fully saturated rings. The summed E-state index contributed by atoms with van der Waals surface area (Å²) in [5.74, 6) is -0.842. The lowest BCUT2D eigenvalue weighted by molar-refractivity contribution is -0.142. The van der Waals surface area contributed by atoms with Gasteiger partial charge in [0.2, 0.25) is 0 Å². The first-order valence-electron chi connectivity index (χ1n) is 8.01. The number of aryl methyl sites for hydroxylation is 2. The number of halogens is 3. The van der Waals surface area contributed by atoms with Gasteiger partial charge in [-0.2, -0.15) is 13.2 Å². The first-order chi connectivity index (χ1) is 11.5. The molecule has 1 N–H and O–H groups in total. The third-order valence-corrected chi connectivity index (χ3v) is 3.68. The molecule has 2 rings (SSSR count). The SMILES string of the molecule is CCc1cccc(C)c1-n1cnc(C(=O)NC(C)(C)C)c1C(F)(F)F. The number of para-hydroxylation sites is 1. The van der Waals surface area contributed by atoms with Crippen molar-refractivity contribution in [2.75, 3.05) is 0 Å². The van der Waals surface area contributed by atoms with Crippen LogP contribution in [0.15, 0.2) is 24.5 Å². The summed E-state index contributed by atoms with van der Waals surface area (Å²) in [6.45, 7) is 8.71. The highest BCUT2D eigenvalue weighted by Gasteiger charge is 2.41. The number of nitrogens with zero attached hydrogens (tertiary/aromatic N) is 2. The predicted octanol–water partition coefficient (Wildman–Crippen LogP) is 4.29. The Balaban J connectivity index is 2.69. The van der Waals surface area contributed by atoms with E-state index in [0.29, 0.717) is 17.7 Å². The molecule has 2 aromatic rings. The molecule has 7 heteroatoms. The van der Waals surface area contributed by atoms with Gasteiger partial charge in [0, 0.05) is 5.54 Å². The van der Waals surface area contributed by atoms with E-state index in [0.717, 1.165) is 16.5 Å². The number of hydrogen-bond donors (Lipinski definition) is 1. The van der Waals surface area contributed by atoms with E-state index in [1.807, 2.05) is 6.92 Å². The van der Waals surface area contributed by atoms with Crippen LogP contribution >= 0.6 is 0 Å². The Hall–Kier alpha value is -2.31. The molecule has 0 spiro atoms. The van der Waals surface area contributed by atoms with Crippen LogP contribution in [0.3, 0.4) is 0 Å². The highest BCUT2D eigenvalue weighted by molar-refractivity contribution is 5.94. The van der Waals surface area contributed by atoms with Gasteiger partial charge in [0.1, 0.15) is 6.33 Å². The van der Waals surface area contributed by atoms with Crippen molar-refractivity contribution >= 4 is 5.91 Å². The van der Waals surface area contributed by atoms with Crippen molar-refractivity contribution in [3.63, 3.8) is 0 Å². The topological polar surface area (TPSA) is 46.9 Å². The minimum atomic E-state index is -4.71. The Morgan fingerprint density at radius 3 is 2.40 bits per heavy atom. The summed E-state index contributed by atoms with van der Waals surface area (Å²) in [5, 5.41) is 2.54. The Bertz CT molecular complexity index is 786. The standard InChI is InChI=1S/C18H22F3N3O/c1-6-12-9-7-8-11(2)14(12)24-10-22-13(15(24)18(19,20)21)16(25)23-17(3,4)5/h7-10H,6H2,1-5H3,(H,23,25). The van der Waals surface area contributed by atoms with Crippen LogP contribution in [0.4, 0.5) is 13.2 Å². The summed E-state index contributed by atoms with van der Waals surface area (Å²) in [5.41, 5.74) is -0.484. The van der Waals surface area contributed by atoms with Crippen LogP contribution in [-0.4, -0.2) is 21.0 Å². The Labute approximate surface area is 145 Å². The number of hydrogen-bond acceptors (Lipinski definition) is 2. The van der Waals surface area contributed by atoms with E-state index in [1.165, 1.54) is 0 Å². The molecule has 0 saturated heterocycles. The van der Waals surface area contributed by atoms with Crippen LogP contribution in [0, 0.1) is 6.92 Å². The molecule has 1 aromatic carbocycles. The summed E-state index contributed by atoms with van der Waals surface area (Å²) in [7, 11) is 0. The summed E-state index contributed by atoms with van der Waals surface area (Å²) < 4.78 is 42.2. The molecule has 25 heavy (non-hydrogen) atoms. The third kappa shape index (κ3) is 4.03. The Kier molecular flexibility index (Phi) is 4.97. The summed E-state index contributed by atoms with van der Waals surface area (Å²) in [4.78, 5) is 16.1. The normalized spacial score (nSPS) is 12.3.